The van der Waals surface area contributed by atoms with Crippen molar-refractivity contribution in [2.45, 2.75) is 6.92 Å². The van der Waals surface area contributed by atoms with Crippen LogP contribution in [0.15, 0.2) is 51.8 Å². The maximum absolute atomic E-state index is 11.8. The summed E-state index contributed by atoms with van der Waals surface area (Å²) < 4.78 is 6.61. The molecule has 0 atom stereocenters. The van der Waals surface area contributed by atoms with E-state index in [1.165, 1.54) is 4.57 Å². The number of fused-ring (bicyclic) bond motifs is 1. The van der Waals surface area contributed by atoms with Gasteiger partial charge in [-0.05, 0) is 36.8 Å². The molecule has 0 spiro atoms. The van der Waals surface area contributed by atoms with E-state index in [2.05, 4.69) is 4.98 Å². The minimum Gasteiger partial charge on any atom is -0.406 e. The molecule has 0 radical (unpaired) electrons. The molecule has 84 valence electrons. The van der Waals surface area contributed by atoms with E-state index in [4.69, 9.17) is 4.42 Å². The largest absolute Gasteiger partial charge is 0.425 e. The van der Waals surface area contributed by atoms with Gasteiger partial charge in [0.05, 0.1) is 5.69 Å². The third-order valence-electron chi connectivity index (χ3n) is 2.60. The Kier molecular flexibility index (Phi) is 2.08. The lowest BCUT2D eigenvalue weighted by atomic mass is 10.2. The average Bonchev–Trinajstić information content (AvgIpc) is 2.64. The van der Waals surface area contributed by atoms with Crippen molar-refractivity contribution in [2.24, 2.45) is 0 Å². The maximum atomic E-state index is 11.8. The van der Waals surface area contributed by atoms with Crippen LogP contribution < -0.4 is 5.76 Å². The molecule has 0 N–H and O–H groups in total. The second-order valence-electron chi connectivity index (χ2n) is 3.87. The minimum absolute atomic E-state index is 0.413. The highest BCUT2D eigenvalue weighted by molar-refractivity contribution is 5.70. The molecule has 2 aromatic heterocycles. The number of hydrogen-bond acceptors (Lipinski definition) is 3. The number of pyridine rings is 1. The van der Waals surface area contributed by atoms with E-state index in [9.17, 15) is 4.79 Å². The van der Waals surface area contributed by atoms with E-state index < -0.39 is 5.76 Å². The van der Waals surface area contributed by atoms with Crippen LogP contribution in [0.4, 0.5) is 0 Å². The summed E-state index contributed by atoms with van der Waals surface area (Å²) in [5, 5.41) is 0. The van der Waals surface area contributed by atoms with E-state index in [-0.39, 0.29) is 0 Å². The fourth-order valence-electron chi connectivity index (χ4n) is 1.85. The highest BCUT2D eigenvalue weighted by Crippen LogP contribution is 2.15. The molecule has 0 aliphatic carbocycles. The van der Waals surface area contributed by atoms with Crippen molar-refractivity contribution in [3.05, 3.63) is 58.7 Å². The van der Waals surface area contributed by atoms with Crippen molar-refractivity contribution in [2.75, 3.05) is 0 Å². The molecular weight excluding hydrogens is 216 g/mol. The van der Waals surface area contributed by atoms with Crippen LogP contribution in [-0.2, 0) is 0 Å². The fourth-order valence-corrected chi connectivity index (χ4v) is 1.85. The summed E-state index contributed by atoms with van der Waals surface area (Å²) in [6, 6.07) is 11.1. The molecule has 4 nitrogen and oxygen atoms in total. The SMILES string of the molecule is Cc1cccc(-n2c(=O)oc3cccnc32)c1. The molecule has 0 saturated carbocycles. The van der Waals surface area contributed by atoms with Gasteiger partial charge in [-0.1, -0.05) is 12.1 Å². The molecule has 0 fully saturated rings. The van der Waals surface area contributed by atoms with Gasteiger partial charge in [0, 0.05) is 6.20 Å². The number of oxazole rings is 1. The molecule has 3 aromatic rings. The zero-order valence-corrected chi connectivity index (χ0v) is 9.25. The van der Waals surface area contributed by atoms with E-state index in [0.717, 1.165) is 11.3 Å². The molecule has 2 heterocycles. The van der Waals surface area contributed by atoms with Gasteiger partial charge in [-0.15, -0.1) is 0 Å². The zero-order valence-electron chi connectivity index (χ0n) is 9.25. The fraction of sp³-hybridized carbons (Fsp3) is 0.0769. The lowest BCUT2D eigenvalue weighted by Crippen LogP contribution is -2.12. The van der Waals surface area contributed by atoms with Gasteiger partial charge in [-0.25, -0.2) is 14.3 Å². The van der Waals surface area contributed by atoms with E-state index in [1.807, 2.05) is 31.2 Å². The average molecular weight is 226 g/mol. The third-order valence-corrected chi connectivity index (χ3v) is 2.60. The van der Waals surface area contributed by atoms with Gasteiger partial charge < -0.3 is 4.42 Å². The summed E-state index contributed by atoms with van der Waals surface area (Å²) in [7, 11) is 0. The monoisotopic (exact) mass is 226 g/mol. The highest BCUT2D eigenvalue weighted by Gasteiger charge is 2.11. The summed E-state index contributed by atoms with van der Waals surface area (Å²) in [6.45, 7) is 1.98. The predicted octanol–water partition coefficient (Wildman–Crippen LogP) is 2.29. The molecule has 0 saturated heterocycles. The first kappa shape index (κ1) is 9.84. The Balaban J connectivity index is 2.37. The normalized spacial score (nSPS) is 10.9. The van der Waals surface area contributed by atoms with Gasteiger partial charge >= 0.3 is 5.76 Å². The second kappa shape index (κ2) is 3.59. The highest BCUT2D eigenvalue weighted by atomic mass is 16.4. The summed E-state index contributed by atoms with van der Waals surface area (Å²) in [5.41, 5.74) is 2.90. The molecule has 1 aromatic carbocycles. The molecule has 0 aliphatic heterocycles. The first-order valence-corrected chi connectivity index (χ1v) is 5.29. The Labute approximate surface area is 97.1 Å². The molecule has 0 unspecified atom stereocenters. The van der Waals surface area contributed by atoms with Gasteiger partial charge in [-0.2, -0.15) is 0 Å². The Morgan fingerprint density at radius 2 is 2.12 bits per heavy atom. The zero-order chi connectivity index (χ0) is 11.8. The molecule has 0 aliphatic rings. The van der Waals surface area contributed by atoms with Crippen LogP contribution in [0.25, 0.3) is 16.9 Å². The Morgan fingerprint density at radius 3 is 2.94 bits per heavy atom. The number of aryl methyl sites for hydroxylation is 1. The summed E-state index contributed by atoms with van der Waals surface area (Å²) in [4.78, 5) is 16.0. The topological polar surface area (TPSA) is 48.0 Å². The van der Waals surface area contributed by atoms with Crippen molar-refractivity contribution in [3.8, 4) is 5.69 Å². The summed E-state index contributed by atoms with van der Waals surface area (Å²) in [6.07, 6.45) is 1.64. The lowest BCUT2D eigenvalue weighted by molar-refractivity contribution is 0.540. The number of nitrogens with zero attached hydrogens (tertiary/aromatic N) is 2. The molecule has 4 heteroatoms. The summed E-state index contributed by atoms with van der Waals surface area (Å²) in [5.74, 6) is -0.413. The Morgan fingerprint density at radius 1 is 1.24 bits per heavy atom. The number of benzene rings is 1. The molecule has 0 amide bonds. The number of aromatic nitrogens is 2. The summed E-state index contributed by atoms with van der Waals surface area (Å²) >= 11 is 0. The Hall–Kier alpha value is -2.36. The first-order valence-electron chi connectivity index (χ1n) is 5.29. The number of rotatable bonds is 1. The molecular formula is C13H10N2O2. The van der Waals surface area contributed by atoms with E-state index in [1.54, 1.807) is 18.3 Å². The minimum atomic E-state index is -0.413. The van der Waals surface area contributed by atoms with Crippen molar-refractivity contribution in [1.82, 2.24) is 9.55 Å². The van der Waals surface area contributed by atoms with Crippen LogP contribution in [0.5, 0.6) is 0 Å². The van der Waals surface area contributed by atoms with Crippen LogP contribution in [0.2, 0.25) is 0 Å². The van der Waals surface area contributed by atoms with Gasteiger partial charge in [-0.3, -0.25) is 0 Å². The lowest BCUT2D eigenvalue weighted by Gasteiger charge is -2.01. The first-order chi connectivity index (χ1) is 8.25. The van der Waals surface area contributed by atoms with Crippen LogP contribution in [0.3, 0.4) is 0 Å². The molecule has 0 bridgehead atoms. The maximum Gasteiger partial charge on any atom is 0.425 e. The Bertz CT molecular complexity index is 740. The van der Waals surface area contributed by atoms with Gasteiger partial charge in [0.25, 0.3) is 0 Å². The standard InChI is InChI=1S/C13H10N2O2/c1-9-4-2-5-10(8-9)15-12-11(17-13(15)16)6-3-7-14-12/h2-8H,1H3. The van der Waals surface area contributed by atoms with Gasteiger partial charge in [0.1, 0.15) is 0 Å². The predicted molar refractivity (Wildman–Crippen MR) is 64.3 cm³/mol. The number of hydrogen-bond donors (Lipinski definition) is 0. The van der Waals surface area contributed by atoms with Gasteiger partial charge in [0.2, 0.25) is 0 Å². The third kappa shape index (κ3) is 1.54. The van der Waals surface area contributed by atoms with E-state index in [0.29, 0.717) is 11.2 Å². The van der Waals surface area contributed by atoms with Crippen LogP contribution >= 0.6 is 0 Å². The van der Waals surface area contributed by atoms with Crippen molar-refractivity contribution >= 4 is 11.2 Å². The van der Waals surface area contributed by atoms with Crippen LogP contribution in [-0.4, -0.2) is 9.55 Å². The van der Waals surface area contributed by atoms with Crippen LogP contribution in [0.1, 0.15) is 5.56 Å². The smallest absolute Gasteiger partial charge is 0.406 e. The molecule has 17 heavy (non-hydrogen) atoms. The van der Waals surface area contributed by atoms with Crippen molar-refractivity contribution in [3.63, 3.8) is 0 Å². The molecule has 3 rings (SSSR count). The second-order valence-corrected chi connectivity index (χ2v) is 3.87. The van der Waals surface area contributed by atoms with Crippen molar-refractivity contribution in [1.29, 1.82) is 0 Å². The quantitative estimate of drug-likeness (QED) is 0.639. The van der Waals surface area contributed by atoms with Gasteiger partial charge in [0.15, 0.2) is 11.2 Å². The van der Waals surface area contributed by atoms with Crippen molar-refractivity contribution < 1.29 is 4.42 Å². The van der Waals surface area contributed by atoms with E-state index >= 15 is 0 Å². The van der Waals surface area contributed by atoms with Crippen LogP contribution in [0, 0.1) is 6.92 Å².